The molecule has 0 fully saturated rings. The Bertz CT molecular complexity index is 521. The molecular formula is C14H18N2S. The van der Waals surface area contributed by atoms with Crippen LogP contribution in [0.5, 0.6) is 0 Å². The summed E-state index contributed by atoms with van der Waals surface area (Å²) in [6.45, 7) is 7.95. The minimum Gasteiger partial charge on any atom is -0.350 e. The van der Waals surface area contributed by atoms with Crippen LogP contribution in [0.1, 0.15) is 26.3 Å². The van der Waals surface area contributed by atoms with E-state index in [1.54, 1.807) is 6.20 Å². The van der Waals surface area contributed by atoms with Crippen molar-refractivity contribution in [3.8, 4) is 0 Å². The predicted octanol–water partition coefficient (Wildman–Crippen LogP) is 4.33. The number of nitrogens with one attached hydrogen (secondary N) is 1. The number of anilines is 1. The summed E-state index contributed by atoms with van der Waals surface area (Å²) in [4.78, 5) is 4.89. The van der Waals surface area contributed by atoms with Crippen molar-refractivity contribution < 1.29 is 0 Å². The van der Waals surface area contributed by atoms with E-state index in [1.165, 1.54) is 5.56 Å². The van der Waals surface area contributed by atoms with Crippen LogP contribution in [-0.4, -0.2) is 9.97 Å². The van der Waals surface area contributed by atoms with E-state index in [-0.39, 0.29) is 0 Å². The van der Waals surface area contributed by atoms with Gasteiger partial charge in [0.1, 0.15) is 0 Å². The minimum atomic E-state index is 0.777. The summed E-state index contributed by atoms with van der Waals surface area (Å²) in [6.07, 6.45) is 3.66. The maximum absolute atomic E-state index is 5.06. The fourth-order valence-electron chi connectivity index (χ4n) is 1.65. The molecule has 0 unspecified atom stereocenters. The third kappa shape index (κ3) is 3.49. The van der Waals surface area contributed by atoms with Crippen LogP contribution in [0.2, 0.25) is 0 Å². The summed E-state index contributed by atoms with van der Waals surface area (Å²) in [6, 6.07) is 6.21. The smallest absolute Gasteiger partial charge is 0.0765 e. The Balaban J connectivity index is 0.000000686. The van der Waals surface area contributed by atoms with E-state index in [0.29, 0.717) is 0 Å². The monoisotopic (exact) mass is 246 g/mol. The normalized spacial score (nSPS) is 9.41. The molecule has 0 spiro atoms. The van der Waals surface area contributed by atoms with Gasteiger partial charge in [0, 0.05) is 28.9 Å². The van der Waals surface area contributed by atoms with Crippen molar-refractivity contribution in [2.24, 2.45) is 0 Å². The molecular weight excluding hydrogens is 228 g/mol. The van der Waals surface area contributed by atoms with Gasteiger partial charge in [0.2, 0.25) is 0 Å². The van der Waals surface area contributed by atoms with Gasteiger partial charge in [0.05, 0.1) is 4.99 Å². The molecule has 0 amide bonds. The Morgan fingerprint density at radius 1 is 1.29 bits per heavy atom. The van der Waals surface area contributed by atoms with Gasteiger partial charge in [0.15, 0.2) is 0 Å². The van der Waals surface area contributed by atoms with Gasteiger partial charge in [-0.3, -0.25) is 4.98 Å². The molecule has 3 heteroatoms. The van der Waals surface area contributed by atoms with Gasteiger partial charge < -0.3 is 5.32 Å². The number of aryl methyl sites for hydroxylation is 1. The van der Waals surface area contributed by atoms with Gasteiger partial charge >= 0.3 is 0 Å². The van der Waals surface area contributed by atoms with E-state index < -0.39 is 0 Å². The Kier molecular flexibility index (Phi) is 5.04. The van der Waals surface area contributed by atoms with Gasteiger partial charge in [-0.2, -0.15) is 0 Å². The molecule has 0 aliphatic rings. The molecule has 0 atom stereocenters. The van der Waals surface area contributed by atoms with Gasteiger partial charge in [0.25, 0.3) is 0 Å². The number of thiocarbonyl (C=S) groups is 1. The van der Waals surface area contributed by atoms with E-state index in [9.17, 15) is 0 Å². The number of benzene rings is 1. The van der Waals surface area contributed by atoms with Crippen LogP contribution in [0.4, 0.5) is 5.69 Å². The molecule has 0 saturated heterocycles. The van der Waals surface area contributed by atoms with Gasteiger partial charge in [-0.1, -0.05) is 26.1 Å². The van der Waals surface area contributed by atoms with Crippen molar-refractivity contribution >= 4 is 33.7 Å². The molecule has 2 nitrogen and oxygen atoms in total. The van der Waals surface area contributed by atoms with Crippen LogP contribution in [0.15, 0.2) is 30.6 Å². The van der Waals surface area contributed by atoms with Gasteiger partial charge in [-0.15, -0.1) is 0 Å². The number of hydrogen-bond acceptors (Lipinski definition) is 2. The van der Waals surface area contributed by atoms with Crippen molar-refractivity contribution in [2.75, 3.05) is 5.32 Å². The topological polar surface area (TPSA) is 24.9 Å². The summed E-state index contributed by atoms with van der Waals surface area (Å²) < 4.78 is 0. The number of nitrogens with zero attached hydrogens (tertiary/aromatic N) is 1. The highest BCUT2D eigenvalue weighted by Gasteiger charge is 2.02. The summed E-state index contributed by atoms with van der Waals surface area (Å²) in [5.41, 5.74) is 2.26. The molecule has 1 heterocycles. The second-order valence-corrected chi connectivity index (χ2v) is 4.20. The summed E-state index contributed by atoms with van der Waals surface area (Å²) in [5.74, 6) is 0. The first-order chi connectivity index (χ1) is 8.16. The predicted molar refractivity (Wildman–Crippen MR) is 79.7 cm³/mol. The SMILES string of the molecule is CC.CC(=S)Nc1cc(C)cc2cnccc12. The third-order valence-electron chi connectivity index (χ3n) is 2.21. The zero-order valence-corrected chi connectivity index (χ0v) is 11.6. The zero-order chi connectivity index (χ0) is 12.8. The van der Waals surface area contributed by atoms with E-state index in [0.717, 1.165) is 21.4 Å². The van der Waals surface area contributed by atoms with Crippen LogP contribution < -0.4 is 5.32 Å². The van der Waals surface area contributed by atoms with Crippen LogP contribution >= 0.6 is 12.2 Å². The van der Waals surface area contributed by atoms with Crippen LogP contribution in [0.25, 0.3) is 10.8 Å². The second-order valence-electron chi connectivity index (χ2n) is 3.59. The second kappa shape index (κ2) is 6.30. The first-order valence-corrected chi connectivity index (χ1v) is 6.19. The standard InChI is InChI=1S/C12H12N2S.C2H6/c1-8-5-10-7-13-4-3-11(10)12(6-8)14-9(2)15;1-2/h3-7H,1-2H3,(H,14,15);1-2H3. The van der Waals surface area contributed by atoms with Crippen LogP contribution in [0, 0.1) is 6.92 Å². The van der Waals surface area contributed by atoms with Gasteiger partial charge in [-0.05, 0) is 37.6 Å². The summed E-state index contributed by atoms with van der Waals surface area (Å²) in [7, 11) is 0. The lowest BCUT2D eigenvalue weighted by atomic mass is 10.1. The lowest BCUT2D eigenvalue weighted by Gasteiger charge is -2.09. The Morgan fingerprint density at radius 2 is 2.00 bits per heavy atom. The van der Waals surface area contributed by atoms with Crippen molar-refractivity contribution in [1.29, 1.82) is 0 Å². The Labute approximate surface area is 108 Å². The molecule has 2 aromatic rings. The highest BCUT2D eigenvalue weighted by atomic mass is 32.1. The molecule has 2 rings (SSSR count). The summed E-state index contributed by atoms with van der Waals surface area (Å²) >= 11 is 5.06. The molecule has 1 aromatic heterocycles. The van der Waals surface area contributed by atoms with E-state index >= 15 is 0 Å². The van der Waals surface area contributed by atoms with E-state index in [2.05, 4.69) is 29.4 Å². The zero-order valence-electron chi connectivity index (χ0n) is 10.7. The Morgan fingerprint density at radius 3 is 2.65 bits per heavy atom. The molecule has 90 valence electrons. The largest absolute Gasteiger partial charge is 0.350 e. The first-order valence-electron chi connectivity index (χ1n) is 5.79. The van der Waals surface area contributed by atoms with Crippen molar-refractivity contribution in [2.45, 2.75) is 27.7 Å². The third-order valence-corrected chi connectivity index (χ3v) is 2.31. The molecule has 0 aliphatic heterocycles. The molecule has 1 N–H and O–H groups in total. The number of aromatic nitrogens is 1. The van der Waals surface area contributed by atoms with Gasteiger partial charge in [-0.25, -0.2) is 0 Å². The average molecular weight is 246 g/mol. The molecule has 1 aromatic carbocycles. The molecule has 0 bridgehead atoms. The molecule has 17 heavy (non-hydrogen) atoms. The quantitative estimate of drug-likeness (QED) is 0.758. The van der Waals surface area contributed by atoms with E-state index in [4.69, 9.17) is 12.2 Å². The number of pyridine rings is 1. The van der Waals surface area contributed by atoms with Crippen molar-refractivity contribution in [1.82, 2.24) is 4.98 Å². The van der Waals surface area contributed by atoms with E-state index in [1.807, 2.05) is 33.0 Å². The average Bonchev–Trinajstić information content (AvgIpc) is 2.30. The van der Waals surface area contributed by atoms with Crippen molar-refractivity contribution in [3.63, 3.8) is 0 Å². The number of hydrogen-bond donors (Lipinski definition) is 1. The fraction of sp³-hybridized carbons (Fsp3) is 0.286. The fourth-order valence-corrected chi connectivity index (χ4v) is 1.76. The number of rotatable bonds is 1. The Hall–Kier alpha value is -1.48. The molecule has 0 saturated carbocycles. The summed E-state index contributed by atoms with van der Waals surface area (Å²) in [5, 5.41) is 5.48. The maximum atomic E-state index is 5.06. The molecule has 0 radical (unpaired) electrons. The lowest BCUT2D eigenvalue weighted by molar-refractivity contribution is 1.36. The van der Waals surface area contributed by atoms with Crippen LogP contribution in [0.3, 0.4) is 0 Å². The lowest BCUT2D eigenvalue weighted by Crippen LogP contribution is -2.04. The highest BCUT2D eigenvalue weighted by molar-refractivity contribution is 7.80. The first kappa shape index (κ1) is 13.6. The van der Waals surface area contributed by atoms with Crippen LogP contribution in [-0.2, 0) is 0 Å². The number of fused-ring (bicyclic) bond motifs is 1. The molecule has 0 aliphatic carbocycles. The van der Waals surface area contributed by atoms with Crippen molar-refractivity contribution in [3.05, 3.63) is 36.2 Å². The maximum Gasteiger partial charge on any atom is 0.0765 e. The highest BCUT2D eigenvalue weighted by Crippen LogP contribution is 2.24. The minimum absolute atomic E-state index is 0.777.